The lowest BCUT2D eigenvalue weighted by atomic mass is 10.0. The summed E-state index contributed by atoms with van der Waals surface area (Å²) < 4.78 is 0. The minimum absolute atomic E-state index is 0.172. The van der Waals surface area contributed by atoms with Crippen molar-refractivity contribution in [1.82, 2.24) is 15.6 Å². The molecule has 0 bridgehead atoms. The van der Waals surface area contributed by atoms with E-state index in [-0.39, 0.29) is 17.9 Å². The third-order valence-electron chi connectivity index (χ3n) is 4.46. The Kier molecular flexibility index (Phi) is 4.35. The SMILES string of the molecule is O=C(NC(C(=O)NC1CC1)c1ccccc1)c1ccc2ncccc2c1. The van der Waals surface area contributed by atoms with Crippen LogP contribution in [0.15, 0.2) is 66.9 Å². The lowest BCUT2D eigenvalue weighted by molar-refractivity contribution is -0.123. The average molecular weight is 345 g/mol. The highest BCUT2D eigenvalue weighted by molar-refractivity contribution is 6.00. The topological polar surface area (TPSA) is 71.1 Å². The van der Waals surface area contributed by atoms with Crippen LogP contribution in [-0.4, -0.2) is 22.8 Å². The summed E-state index contributed by atoms with van der Waals surface area (Å²) in [6, 6.07) is 17.9. The fraction of sp³-hybridized carbons (Fsp3) is 0.190. The maximum absolute atomic E-state index is 12.8. The van der Waals surface area contributed by atoms with Crippen LogP contribution in [0.2, 0.25) is 0 Å². The molecule has 1 saturated carbocycles. The van der Waals surface area contributed by atoms with E-state index in [1.165, 1.54) is 0 Å². The quantitative estimate of drug-likeness (QED) is 0.747. The zero-order valence-electron chi connectivity index (χ0n) is 14.2. The molecule has 1 aliphatic rings. The molecule has 26 heavy (non-hydrogen) atoms. The Morgan fingerprint density at radius 1 is 1.00 bits per heavy atom. The van der Waals surface area contributed by atoms with Gasteiger partial charge in [-0.1, -0.05) is 36.4 Å². The summed E-state index contributed by atoms with van der Waals surface area (Å²) in [4.78, 5) is 29.7. The second kappa shape index (κ2) is 6.96. The van der Waals surface area contributed by atoms with E-state index in [1.807, 2.05) is 48.5 Å². The van der Waals surface area contributed by atoms with Crippen molar-refractivity contribution in [3.8, 4) is 0 Å². The summed E-state index contributed by atoms with van der Waals surface area (Å²) in [5.74, 6) is -0.454. The molecule has 1 aliphatic carbocycles. The van der Waals surface area contributed by atoms with E-state index >= 15 is 0 Å². The summed E-state index contributed by atoms with van der Waals surface area (Å²) in [5, 5.41) is 6.74. The van der Waals surface area contributed by atoms with Gasteiger partial charge in [-0.25, -0.2) is 0 Å². The number of nitrogens with zero attached hydrogens (tertiary/aromatic N) is 1. The maximum Gasteiger partial charge on any atom is 0.252 e. The van der Waals surface area contributed by atoms with Crippen molar-refractivity contribution in [2.24, 2.45) is 0 Å². The molecule has 2 amide bonds. The lowest BCUT2D eigenvalue weighted by Gasteiger charge is -2.19. The van der Waals surface area contributed by atoms with Crippen LogP contribution in [0.1, 0.15) is 34.8 Å². The third kappa shape index (κ3) is 3.57. The molecule has 3 aromatic rings. The van der Waals surface area contributed by atoms with Crippen molar-refractivity contribution in [2.75, 3.05) is 0 Å². The molecule has 1 fully saturated rings. The monoisotopic (exact) mass is 345 g/mol. The van der Waals surface area contributed by atoms with Crippen LogP contribution in [0.5, 0.6) is 0 Å². The number of fused-ring (bicyclic) bond motifs is 1. The molecule has 2 N–H and O–H groups in total. The number of amides is 2. The van der Waals surface area contributed by atoms with Gasteiger partial charge < -0.3 is 10.6 Å². The first-order valence-corrected chi connectivity index (χ1v) is 8.72. The second-order valence-electron chi connectivity index (χ2n) is 6.51. The minimum Gasteiger partial charge on any atom is -0.351 e. The van der Waals surface area contributed by atoms with Crippen LogP contribution in [0, 0.1) is 0 Å². The van der Waals surface area contributed by atoms with Gasteiger partial charge in [0.2, 0.25) is 5.91 Å². The number of rotatable bonds is 5. The smallest absolute Gasteiger partial charge is 0.252 e. The van der Waals surface area contributed by atoms with Gasteiger partial charge in [0.15, 0.2) is 0 Å². The normalized spacial score (nSPS) is 14.6. The first kappa shape index (κ1) is 16.3. The van der Waals surface area contributed by atoms with Crippen LogP contribution in [0.25, 0.3) is 10.9 Å². The van der Waals surface area contributed by atoms with E-state index < -0.39 is 6.04 Å². The van der Waals surface area contributed by atoms with Crippen molar-refractivity contribution in [3.63, 3.8) is 0 Å². The van der Waals surface area contributed by atoms with Crippen molar-refractivity contribution < 1.29 is 9.59 Å². The number of hydrogen-bond acceptors (Lipinski definition) is 3. The van der Waals surface area contributed by atoms with Crippen molar-refractivity contribution >= 4 is 22.7 Å². The molecule has 4 rings (SSSR count). The molecule has 2 aromatic carbocycles. The molecule has 1 heterocycles. The molecule has 1 unspecified atom stereocenters. The highest BCUT2D eigenvalue weighted by Gasteiger charge is 2.29. The Bertz CT molecular complexity index is 952. The minimum atomic E-state index is -0.714. The summed E-state index contributed by atoms with van der Waals surface area (Å²) >= 11 is 0. The zero-order chi connectivity index (χ0) is 17.9. The van der Waals surface area contributed by atoms with Crippen molar-refractivity contribution in [1.29, 1.82) is 0 Å². The van der Waals surface area contributed by atoms with E-state index in [4.69, 9.17) is 0 Å². The van der Waals surface area contributed by atoms with Gasteiger partial charge in [-0.15, -0.1) is 0 Å². The van der Waals surface area contributed by atoms with E-state index in [0.29, 0.717) is 5.56 Å². The molecule has 1 atom stereocenters. The molecule has 0 aliphatic heterocycles. The predicted octanol–water partition coefficient (Wildman–Crippen LogP) is 2.98. The Balaban J connectivity index is 1.59. The second-order valence-corrected chi connectivity index (χ2v) is 6.51. The molecule has 0 saturated heterocycles. The molecule has 0 spiro atoms. The number of aromatic nitrogens is 1. The van der Waals surface area contributed by atoms with Crippen LogP contribution in [0.4, 0.5) is 0 Å². The van der Waals surface area contributed by atoms with E-state index in [1.54, 1.807) is 18.3 Å². The van der Waals surface area contributed by atoms with Gasteiger partial charge in [-0.3, -0.25) is 14.6 Å². The third-order valence-corrected chi connectivity index (χ3v) is 4.46. The fourth-order valence-corrected chi connectivity index (χ4v) is 2.89. The number of nitrogens with one attached hydrogen (secondary N) is 2. The van der Waals surface area contributed by atoms with Gasteiger partial charge in [-0.2, -0.15) is 0 Å². The summed E-state index contributed by atoms with van der Waals surface area (Å²) in [7, 11) is 0. The number of carbonyl (C=O) groups excluding carboxylic acids is 2. The Morgan fingerprint density at radius 2 is 1.81 bits per heavy atom. The number of hydrogen-bond donors (Lipinski definition) is 2. The molecular weight excluding hydrogens is 326 g/mol. The summed E-state index contributed by atoms with van der Waals surface area (Å²) in [5.41, 5.74) is 2.10. The Morgan fingerprint density at radius 3 is 2.58 bits per heavy atom. The van der Waals surface area contributed by atoms with E-state index in [0.717, 1.165) is 29.3 Å². The fourth-order valence-electron chi connectivity index (χ4n) is 2.89. The van der Waals surface area contributed by atoms with Gasteiger partial charge in [0.1, 0.15) is 6.04 Å². The lowest BCUT2D eigenvalue weighted by Crippen LogP contribution is -2.41. The molecule has 0 radical (unpaired) electrons. The first-order valence-electron chi connectivity index (χ1n) is 8.72. The highest BCUT2D eigenvalue weighted by Crippen LogP contribution is 2.22. The largest absolute Gasteiger partial charge is 0.351 e. The Labute approximate surface area is 151 Å². The van der Waals surface area contributed by atoms with E-state index in [2.05, 4.69) is 15.6 Å². The molecule has 5 heteroatoms. The van der Waals surface area contributed by atoms with Gasteiger partial charge in [-0.05, 0) is 42.7 Å². The summed E-state index contributed by atoms with van der Waals surface area (Å²) in [6.07, 6.45) is 3.72. The molecular formula is C21H19N3O2. The number of pyridine rings is 1. The molecule has 130 valence electrons. The number of carbonyl (C=O) groups is 2. The zero-order valence-corrected chi connectivity index (χ0v) is 14.2. The predicted molar refractivity (Wildman–Crippen MR) is 99.6 cm³/mol. The molecule has 1 aromatic heterocycles. The Hall–Kier alpha value is -3.21. The first-order chi connectivity index (χ1) is 12.7. The van der Waals surface area contributed by atoms with Crippen molar-refractivity contribution in [2.45, 2.75) is 24.9 Å². The van der Waals surface area contributed by atoms with Gasteiger partial charge in [0.05, 0.1) is 5.52 Å². The van der Waals surface area contributed by atoms with Crippen LogP contribution >= 0.6 is 0 Å². The van der Waals surface area contributed by atoms with Gasteiger partial charge in [0.25, 0.3) is 5.91 Å². The maximum atomic E-state index is 12.8. The average Bonchev–Trinajstić information content (AvgIpc) is 3.50. The van der Waals surface area contributed by atoms with Crippen LogP contribution in [0.3, 0.4) is 0 Å². The van der Waals surface area contributed by atoms with Gasteiger partial charge in [0, 0.05) is 23.2 Å². The number of benzene rings is 2. The summed E-state index contributed by atoms with van der Waals surface area (Å²) in [6.45, 7) is 0. The van der Waals surface area contributed by atoms with Crippen LogP contribution < -0.4 is 10.6 Å². The molecule has 5 nitrogen and oxygen atoms in total. The van der Waals surface area contributed by atoms with Gasteiger partial charge >= 0.3 is 0 Å². The standard InChI is InChI=1S/C21H19N3O2/c25-20(16-8-11-18-15(13-16)7-4-12-22-18)24-19(14-5-2-1-3-6-14)21(26)23-17-9-10-17/h1-8,11-13,17,19H,9-10H2,(H,23,26)(H,24,25). The highest BCUT2D eigenvalue weighted by atomic mass is 16.2. The van der Waals surface area contributed by atoms with Crippen LogP contribution in [-0.2, 0) is 4.79 Å². The van der Waals surface area contributed by atoms with Crippen molar-refractivity contribution in [3.05, 3.63) is 78.0 Å². The van der Waals surface area contributed by atoms with E-state index in [9.17, 15) is 9.59 Å².